The monoisotopic (exact) mass is 203 g/mol. The Morgan fingerprint density at radius 3 is 2.15 bits per heavy atom. The van der Waals surface area contributed by atoms with Crippen molar-refractivity contribution in [3.63, 3.8) is 0 Å². The molecule has 1 nitrogen and oxygen atoms in total. The molecule has 0 radical (unpaired) electrons. The Hall–Kier alpha value is 0.310. The van der Waals surface area contributed by atoms with Gasteiger partial charge < -0.3 is 4.90 Å². The smallest absolute Gasteiger partial charge is 0.00405 e. The third-order valence-electron chi connectivity index (χ3n) is 2.15. The van der Waals surface area contributed by atoms with Crippen molar-refractivity contribution >= 4 is 12.6 Å². The van der Waals surface area contributed by atoms with E-state index >= 15 is 0 Å². The molecule has 0 spiro atoms. The van der Waals surface area contributed by atoms with Gasteiger partial charge in [0.25, 0.3) is 0 Å². The lowest BCUT2D eigenvalue weighted by molar-refractivity contribution is 0.185. The van der Waals surface area contributed by atoms with Crippen LogP contribution in [0.25, 0.3) is 0 Å². The second-order valence-corrected chi connectivity index (χ2v) is 5.36. The third kappa shape index (κ3) is 6.39. The summed E-state index contributed by atoms with van der Waals surface area (Å²) in [5.74, 6) is 1.72. The summed E-state index contributed by atoms with van der Waals surface area (Å²) in [4.78, 5) is 2.51. The first-order valence-electron chi connectivity index (χ1n) is 5.24. The van der Waals surface area contributed by atoms with E-state index in [1.807, 2.05) is 0 Å². The van der Waals surface area contributed by atoms with Crippen molar-refractivity contribution in [1.29, 1.82) is 0 Å². The summed E-state index contributed by atoms with van der Waals surface area (Å²) in [5, 5.41) is 0. The highest BCUT2D eigenvalue weighted by Crippen LogP contribution is 2.18. The van der Waals surface area contributed by atoms with Gasteiger partial charge in [0, 0.05) is 13.1 Å². The minimum absolute atomic E-state index is 0.341. The molecular formula is C11H25NS. The highest BCUT2D eigenvalue weighted by Gasteiger charge is 2.19. The van der Waals surface area contributed by atoms with Gasteiger partial charge in [-0.3, -0.25) is 0 Å². The zero-order chi connectivity index (χ0) is 10.5. The predicted molar refractivity (Wildman–Crippen MR) is 64.6 cm³/mol. The van der Waals surface area contributed by atoms with Crippen LogP contribution in [-0.4, -0.2) is 30.3 Å². The van der Waals surface area contributed by atoms with E-state index in [1.54, 1.807) is 0 Å². The molecule has 0 atom stereocenters. The van der Waals surface area contributed by atoms with Crippen LogP contribution in [0.5, 0.6) is 0 Å². The Balaban J connectivity index is 3.97. The second kappa shape index (κ2) is 5.92. The molecule has 13 heavy (non-hydrogen) atoms. The fourth-order valence-corrected chi connectivity index (χ4v) is 1.58. The van der Waals surface area contributed by atoms with Gasteiger partial charge in [-0.15, -0.1) is 0 Å². The normalized spacial score (nSPS) is 12.9. The van der Waals surface area contributed by atoms with Crippen molar-refractivity contribution in [3.05, 3.63) is 0 Å². The van der Waals surface area contributed by atoms with Gasteiger partial charge in [-0.25, -0.2) is 0 Å². The van der Waals surface area contributed by atoms with Crippen molar-refractivity contribution in [1.82, 2.24) is 4.90 Å². The number of rotatable bonds is 6. The molecule has 0 amide bonds. The van der Waals surface area contributed by atoms with E-state index in [9.17, 15) is 0 Å². The zero-order valence-corrected chi connectivity index (χ0v) is 10.7. The standard InChI is InChI=1S/C11H25NS/c1-6-12(7-10(2)3)8-11(4,5)9-13/h10,13H,6-9H2,1-5H3. The number of thiol groups is 1. The predicted octanol–water partition coefficient (Wildman–Crippen LogP) is 2.92. The Morgan fingerprint density at radius 2 is 1.85 bits per heavy atom. The van der Waals surface area contributed by atoms with Gasteiger partial charge >= 0.3 is 0 Å². The van der Waals surface area contributed by atoms with E-state index in [-0.39, 0.29) is 0 Å². The van der Waals surface area contributed by atoms with E-state index in [1.165, 1.54) is 6.54 Å². The maximum Gasteiger partial charge on any atom is 0.00405 e. The van der Waals surface area contributed by atoms with Crippen LogP contribution < -0.4 is 0 Å². The minimum atomic E-state index is 0.341. The Bertz CT molecular complexity index is 132. The third-order valence-corrected chi connectivity index (χ3v) is 3.01. The van der Waals surface area contributed by atoms with E-state index in [2.05, 4.69) is 52.1 Å². The molecule has 0 aromatic heterocycles. The first-order chi connectivity index (χ1) is 5.91. The summed E-state index contributed by atoms with van der Waals surface area (Å²) in [6.07, 6.45) is 0. The molecule has 0 aromatic carbocycles. The summed E-state index contributed by atoms with van der Waals surface area (Å²) in [5.41, 5.74) is 0.341. The largest absolute Gasteiger partial charge is 0.303 e. The average molecular weight is 203 g/mol. The lowest BCUT2D eigenvalue weighted by Crippen LogP contribution is -2.37. The maximum absolute atomic E-state index is 4.38. The van der Waals surface area contributed by atoms with Crippen LogP contribution in [0.15, 0.2) is 0 Å². The van der Waals surface area contributed by atoms with E-state index in [4.69, 9.17) is 0 Å². The lowest BCUT2D eigenvalue weighted by atomic mass is 9.95. The van der Waals surface area contributed by atoms with Crippen molar-refractivity contribution < 1.29 is 0 Å². The van der Waals surface area contributed by atoms with Crippen molar-refractivity contribution in [2.45, 2.75) is 34.6 Å². The maximum atomic E-state index is 4.38. The molecule has 0 heterocycles. The minimum Gasteiger partial charge on any atom is -0.303 e. The van der Waals surface area contributed by atoms with Crippen LogP contribution >= 0.6 is 12.6 Å². The molecule has 2 heteroatoms. The number of hydrogen-bond acceptors (Lipinski definition) is 2. The van der Waals surface area contributed by atoms with Crippen LogP contribution in [0.3, 0.4) is 0 Å². The van der Waals surface area contributed by atoms with Crippen molar-refractivity contribution in [2.75, 3.05) is 25.4 Å². The molecule has 0 bridgehead atoms. The summed E-state index contributed by atoms with van der Waals surface area (Å²) < 4.78 is 0. The van der Waals surface area contributed by atoms with E-state index in [0.717, 1.165) is 24.8 Å². The first kappa shape index (κ1) is 13.3. The van der Waals surface area contributed by atoms with Crippen molar-refractivity contribution in [3.8, 4) is 0 Å². The van der Waals surface area contributed by atoms with Gasteiger partial charge in [-0.1, -0.05) is 34.6 Å². The molecular weight excluding hydrogens is 178 g/mol. The highest BCUT2D eigenvalue weighted by atomic mass is 32.1. The summed E-state index contributed by atoms with van der Waals surface area (Å²) >= 11 is 4.38. The fourth-order valence-electron chi connectivity index (χ4n) is 1.48. The molecule has 0 aliphatic heterocycles. The van der Waals surface area contributed by atoms with Crippen LogP contribution in [0.2, 0.25) is 0 Å². The van der Waals surface area contributed by atoms with Crippen LogP contribution in [0.4, 0.5) is 0 Å². The molecule has 0 aliphatic rings. The van der Waals surface area contributed by atoms with Gasteiger partial charge in [0.1, 0.15) is 0 Å². The highest BCUT2D eigenvalue weighted by molar-refractivity contribution is 7.80. The van der Waals surface area contributed by atoms with E-state index in [0.29, 0.717) is 5.41 Å². The van der Waals surface area contributed by atoms with Gasteiger partial charge in [0.2, 0.25) is 0 Å². The Morgan fingerprint density at radius 1 is 1.31 bits per heavy atom. The van der Waals surface area contributed by atoms with Gasteiger partial charge in [0.15, 0.2) is 0 Å². The SMILES string of the molecule is CCN(CC(C)C)CC(C)(C)CS. The quantitative estimate of drug-likeness (QED) is 0.650. The van der Waals surface area contributed by atoms with Crippen LogP contribution in [0.1, 0.15) is 34.6 Å². The summed E-state index contributed by atoms with van der Waals surface area (Å²) in [7, 11) is 0. The zero-order valence-electron chi connectivity index (χ0n) is 9.80. The van der Waals surface area contributed by atoms with Crippen LogP contribution in [-0.2, 0) is 0 Å². The molecule has 0 fully saturated rings. The molecule has 0 rings (SSSR count). The Kier molecular flexibility index (Phi) is 6.06. The second-order valence-electron chi connectivity index (χ2n) is 5.04. The van der Waals surface area contributed by atoms with Gasteiger partial charge in [-0.2, -0.15) is 12.6 Å². The Labute approximate surface area is 89.3 Å². The number of hydrogen-bond donors (Lipinski definition) is 1. The topological polar surface area (TPSA) is 3.24 Å². The first-order valence-corrected chi connectivity index (χ1v) is 5.87. The summed E-state index contributed by atoms with van der Waals surface area (Å²) in [6.45, 7) is 14.9. The molecule has 0 saturated heterocycles. The average Bonchev–Trinajstić information content (AvgIpc) is 2.02. The lowest BCUT2D eigenvalue weighted by Gasteiger charge is -2.31. The number of nitrogens with zero attached hydrogens (tertiary/aromatic N) is 1. The molecule has 0 unspecified atom stereocenters. The fraction of sp³-hybridized carbons (Fsp3) is 1.00. The molecule has 0 aromatic rings. The molecule has 0 saturated carbocycles. The van der Waals surface area contributed by atoms with E-state index < -0.39 is 0 Å². The molecule has 0 N–H and O–H groups in total. The van der Waals surface area contributed by atoms with Crippen molar-refractivity contribution in [2.24, 2.45) is 11.3 Å². The molecule has 80 valence electrons. The van der Waals surface area contributed by atoms with Gasteiger partial charge in [-0.05, 0) is 23.6 Å². The van der Waals surface area contributed by atoms with Gasteiger partial charge in [0.05, 0.1) is 0 Å². The summed E-state index contributed by atoms with van der Waals surface area (Å²) in [6, 6.07) is 0. The van der Waals surface area contributed by atoms with Crippen LogP contribution in [0, 0.1) is 11.3 Å². The molecule has 0 aliphatic carbocycles.